The van der Waals surface area contributed by atoms with Gasteiger partial charge in [-0.05, 0) is 90.6 Å². The number of hydrogen-bond donors (Lipinski definition) is 0. The van der Waals surface area contributed by atoms with E-state index in [0.717, 1.165) is 22.6 Å². The van der Waals surface area contributed by atoms with Gasteiger partial charge in [-0.3, -0.25) is 0 Å². The molecule has 0 aromatic heterocycles. The van der Waals surface area contributed by atoms with Crippen LogP contribution in [-0.2, 0) is 6.11 Å². The van der Waals surface area contributed by atoms with Gasteiger partial charge in [-0.1, -0.05) is 42.0 Å². The Balaban J connectivity index is 1.69. The lowest BCUT2D eigenvalue weighted by atomic mass is 9.92. The average Bonchev–Trinajstić information content (AvgIpc) is 2.69. The zero-order valence-corrected chi connectivity index (χ0v) is 17.9. The third-order valence-corrected chi connectivity index (χ3v) is 5.53. The summed E-state index contributed by atoms with van der Waals surface area (Å²) in [6.45, 7) is 7.79. The average molecular weight is 420 g/mol. The minimum absolute atomic E-state index is 0.214. The van der Waals surface area contributed by atoms with Crippen molar-refractivity contribution < 1.29 is 17.9 Å². The van der Waals surface area contributed by atoms with Gasteiger partial charge in [0.1, 0.15) is 11.6 Å². The van der Waals surface area contributed by atoms with Crippen molar-refractivity contribution in [3.63, 3.8) is 0 Å². The Labute approximate surface area is 180 Å². The number of fused-ring (bicyclic) bond motifs is 1. The van der Waals surface area contributed by atoms with Crippen molar-refractivity contribution >= 4 is 10.8 Å². The molecular weight excluding hydrogens is 397 g/mol. The number of hydrogen-bond acceptors (Lipinski definition) is 1. The Hall–Kier alpha value is -3.27. The second-order valence-electron chi connectivity index (χ2n) is 8.08. The summed E-state index contributed by atoms with van der Waals surface area (Å²) in [4.78, 5) is 0. The van der Waals surface area contributed by atoms with Crippen molar-refractivity contribution in [2.24, 2.45) is 0 Å². The first-order chi connectivity index (χ1) is 14.6. The maximum Gasteiger partial charge on any atom is 0.426 e. The number of ether oxygens (including phenoxy) is 1. The quantitative estimate of drug-likeness (QED) is 0.325. The molecule has 4 rings (SSSR count). The molecule has 1 nitrogen and oxygen atoms in total. The lowest BCUT2D eigenvalue weighted by molar-refractivity contribution is -0.185. The van der Waals surface area contributed by atoms with Gasteiger partial charge in [-0.25, -0.2) is 4.39 Å². The summed E-state index contributed by atoms with van der Waals surface area (Å²) in [5.74, 6) is -0.796. The van der Waals surface area contributed by atoms with E-state index in [2.05, 4.69) is 32.9 Å². The standard InChI is InChI=1S/C27H23F3O/c1-16-11-18(3)26(19(4)12-16)22-7-6-21-14-23(9-8-20(21)13-22)27(29,30)31-24-10-5-17(2)25(28)15-24/h5-15H,1-4H3. The molecule has 0 saturated carbocycles. The molecule has 4 heteroatoms. The van der Waals surface area contributed by atoms with E-state index in [-0.39, 0.29) is 11.3 Å². The van der Waals surface area contributed by atoms with E-state index in [1.807, 2.05) is 18.2 Å². The molecule has 0 atom stereocenters. The van der Waals surface area contributed by atoms with Crippen molar-refractivity contribution in [2.45, 2.75) is 33.8 Å². The van der Waals surface area contributed by atoms with Crippen LogP contribution in [0.15, 0.2) is 66.7 Å². The summed E-state index contributed by atoms with van der Waals surface area (Å²) in [6.07, 6.45) is -3.58. The summed E-state index contributed by atoms with van der Waals surface area (Å²) in [6, 6.07) is 18.2. The highest BCUT2D eigenvalue weighted by Gasteiger charge is 2.35. The highest BCUT2D eigenvalue weighted by atomic mass is 19.3. The first-order valence-corrected chi connectivity index (χ1v) is 10.1. The fourth-order valence-electron chi connectivity index (χ4n) is 4.06. The molecule has 0 radical (unpaired) electrons. The minimum atomic E-state index is -3.58. The van der Waals surface area contributed by atoms with E-state index >= 15 is 0 Å². The smallest absolute Gasteiger partial charge is 0.426 e. The van der Waals surface area contributed by atoms with Crippen LogP contribution in [-0.4, -0.2) is 0 Å². The molecular formula is C27H23F3O. The van der Waals surface area contributed by atoms with Gasteiger partial charge in [-0.15, -0.1) is 0 Å². The zero-order valence-electron chi connectivity index (χ0n) is 17.9. The summed E-state index contributed by atoms with van der Waals surface area (Å²) >= 11 is 0. The van der Waals surface area contributed by atoms with Crippen LogP contribution in [0.2, 0.25) is 0 Å². The molecule has 158 valence electrons. The largest absolute Gasteiger partial charge is 0.429 e. The topological polar surface area (TPSA) is 9.23 Å². The highest BCUT2D eigenvalue weighted by molar-refractivity contribution is 5.89. The Bertz CT molecular complexity index is 1270. The Morgan fingerprint density at radius 2 is 1.32 bits per heavy atom. The van der Waals surface area contributed by atoms with Crippen LogP contribution in [0.1, 0.15) is 27.8 Å². The van der Waals surface area contributed by atoms with Gasteiger partial charge < -0.3 is 4.74 Å². The Morgan fingerprint density at radius 1 is 0.677 bits per heavy atom. The van der Waals surface area contributed by atoms with Crippen LogP contribution in [0.25, 0.3) is 21.9 Å². The van der Waals surface area contributed by atoms with Crippen LogP contribution >= 0.6 is 0 Å². The first-order valence-electron chi connectivity index (χ1n) is 10.1. The third kappa shape index (κ3) is 4.15. The first kappa shape index (κ1) is 21.0. The molecule has 0 heterocycles. The SMILES string of the molecule is Cc1cc(C)c(-c2ccc3cc(C(F)(F)Oc4ccc(C)c(F)c4)ccc3c2)c(C)c1. The number of alkyl halides is 2. The van der Waals surface area contributed by atoms with Crippen molar-refractivity contribution in [3.8, 4) is 16.9 Å². The highest BCUT2D eigenvalue weighted by Crippen LogP contribution is 2.35. The fourth-order valence-corrected chi connectivity index (χ4v) is 4.06. The van der Waals surface area contributed by atoms with Crippen molar-refractivity contribution in [3.05, 3.63) is 100 Å². The lowest BCUT2D eigenvalue weighted by Gasteiger charge is -2.19. The van der Waals surface area contributed by atoms with Crippen molar-refractivity contribution in [1.82, 2.24) is 0 Å². The molecule has 4 aromatic carbocycles. The number of rotatable bonds is 4. The van der Waals surface area contributed by atoms with E-state index in [1.165, 1.54) is 41.0 Å². The summed E-state index contributed by atoms with van der Waals surface area (Å²) < 4.78 is 48.0. The molecule has 0 aliphatic rings. The Kier molecular flexibility index (Phi) is 5.26. The number of benzene rings is 4. The van der Waals surface area contributed by atoms with Crippen molar-refractivity contribution in [1.29, 1.82) is 0 Å². The van der Waals surface area contributed by atoms with Gasteiger partial charge in [0.05, 0.1) is 5.56 Å². The third-order valence-electron chi connectivity index (χ3n) is 5.53. The van der Waals surface area contributed by atoms with Gasteiger partial charge >= 0.3 is 6.11 Å². The molecule has 31 heavy (non-hydrogen) atoms. The molecule has 0 unspecified atom stereocenters. The number of aryl methyl sites for hydroxylation is 4. The Morgan fingerprint density at radius 3 is 2.00 bits per heavy atom. The predicted molar refractivity (Wildman–Crippen MR) is 119 cm³/mol. The van der Waals surface area contributed by atoms with E-state index in [9.17, 15) is 13.2 Å². The van der Waals surface area contributed by atoms with Gasteiger partial charge in [0, 0.05) is 6.07 Å². The van der Waals surface area contributed by atoms with Gasteiger partial charge in [0.2, 0.25) is 0 Å². The molecule has 0 bridgehead atoms. The maximum absolute atomic E-state index is 14.7. The van der Waals surface area contributed by atoms with Crippen molar-refractivity contribution in [2.75, 3.05) is 0 Å². The minimum Gasteiger partial charge on any atom is -0.429 e. The van der Waals surface area contributed by atoms with Crippen LogP contribution in [0.3, 0.4) is 0 Å². The normalized spacial score (nSPS) is 11.7. The molecule has 0 saturated heterocycles. The lowest BCUT2D eigenvalue weighted by Crippen LogP contribution is -2.21. The van der Waals surface area contributed by atoms with E-state index in [1.54, 1.807) is 13.0 Å². The van der Waals surface area contributed by atoms with E-state index in [0.29, 0.717) is 10.9 Å². The zero-order chi connectivity index (χ0) is 22.3. The van der Waals surface area contributed by atoms with Crippen LogP contribution < -0.4 is 4.74 Å². The second kappa shape index (κ2) is 7.77. The van der Waals surface area contributed by atoms with Crippen LogP contribution in [0.5, 0.6) is 5.75 Å². The van der Waals surface area contributed by atoms with Gasteiger partial charge in [-0.2, -0.15) is 8.78 Å². The van der Waals surface area contributed by atoms with Crippen LogP contribution in [0.4, 0.5) is 13.2 Å². The van der Waals surface area contributed by atoms with E-state index in [4.69, 9.17) is 4.74 Å². The molecule has 0 spiro atoms. The van der Waals surface area contributed by atoms with Gasteiger partial charge in [0.15, 0.2) is 0 Å². The second-order valence-corrected chi connectivity index (χ2v) is 8.08. The molecule has 4 aromatic rings. The monoisotopic (exact) mass is 420 g/mol. The molecule has 0 fully saturated rings. The fraction of sp³-hybridized carbons (Fsp3) is 0.185. The molecule has 0 N–H and O–H groups in total. The molecule has 0 aliphatic carbocycles. The maximum atomic E-state index is 14.7. The predicted octanol–water partition coefficient (Wildman–Crippen LogP) is 8.01. The van der Waals surface area contributed by atoms with Crippen LogP contribution in [0, 0.1) is 33.5 Å². The van der Waals surface area contributed by atoms with Gasteiger partial charge in [0.25, 0.3) is 0 Å². The molecule has 0 amide bonds. The van der Waals surface area contributed by atoms with E-state index < -0.39 is 11.9 Å². The molecule has 0 aliphatic heterocycles. The summed E-state index contributed by atoms with van der Waals surface area (Å²) in [5, 5.41) is 1.54. The summed E-state index contributed by atoms with van der Waals surface area (Å²) in [5.41, 5.74) is 5.87. The number of halogens is 3. The summed E-state index contributed by atoms with van der Waals surface area (Å²) in [7, 11) is 0.